The lowest BCUT2D eigenvalue weighted by Crippen LogP contribution is -2.15. The van der Waals surface area contributed by atoms with E-state index in [9.17, 15) is 8.78 Å². The molecule has 0 spiro atoms. The second-order valence-corrected chi connectivity index (χ2v) is 5.86. The Labute approximate surface area is 135 Å². The zero-order valence-electron chi connectivity index (χ0n) is 11.2. The lowest BCUT2D eigenvalue weighted by atomic mass is 9.98. The van der Waals surface area contributed by atoms with Crippen LogP contribution in [-0.2, 0) is 6.42 Å². The summed E-state index contributed by atoms with van der Waals surface area (Å²) in [5.41, 5.74) is 7.45. The monoisotopic (exact) mass is 375 g/mol. The standard InChI is InChI=1S/C15H13BrClF2NO/c1-21-15-10(6-9(17)7-11(15)16)14(20)5-8-2-3-12(18)13(19)4-8/h2-4,6-7,14H,5,20H2,1H3. The number of nitrogens with two attached hydrogens (primary N) is 1. The van der Waals surface area contributed by atoms with Crippen molar-refractivity contribution in [3.8, 4) is 5.75 Å². The summed E-state index contributed by atoms with van der Waals surface area (Å²) in [7, 11) is 1.53. The molecule has 0 aliphatic carbocycles. The second kappa shape index (κ2) is 6.73. The highest BCUT2D eigenvalue weighted by atomic mass is 79.9. The van der Waals surface area contributed by atoms with Crippen molar-refractivity contribution in [1.29, 1.82) is 0 Å². The third-order valence-corrected chi connectivity index (χ3v) is 3.89. The fraction of sp³-hybridized carbons (Fsp3) is 0.200. The molecule has 0 radical (unpaired) electrons. The molecule has 2 aromatic carbocycles. The highest BCUT2D eigenvalue weighted by molar-refractivity contribution is 9.10. The van der Waals surface area contributed by atoms with Gasteiger partial charge in [-0.2, -0.15) is 0 Å². The van der Waals surface area contributed by atoms with Gasteiger partial charge in [-0.1, -0.05) is 17.7 Å². The summed E-state index contributed by atoms with van der Waals surface area (Å²) in [5.74, 6) is -1.19. The Bertz CT molecular complexity index is 666. The zero-order chi connectivity index (χ0) is 15.6. The number of halogens is 4. The topological polar surface area (TPSA) is 35.2 Å². The van der Waals surface area contributed by atoms with E-state index in [0.29, 0.717) is 32.8 Å². The van der Waals surface area contributed by atoms with Crippen LogP contribution in [0, 0.1) is 11.6 Å². The number of hydrogen-bond donors (Lipinski definition) is 1. The second-order valence-electron chi connectivity index (χ2n) is 4.57. The fourth-order valence-electron chi connectivity index (χ4n) is 2.10. The minimum absolute atomic E-state index is 0.334. The molecule has 112 valence electrons. The van der Waals surface area contributed by atoms with Crippen molar-refractivity contribution < 1.29 is 13.5 Å². The number of hydrogen-bond acceptors (Lipinski definition) is 2. The maximum absolute atomic E-state index is 13.2. The molecule has 0 fully saturated rings. The van der Waals surface area contributed by atoms with Gasteiger partial charge in [0.05, 0.1) is 11.6 Å². The van der Waals surface area contributed by atoms with Gasteiger partial charge in [0.25, 0.3) is 0 Å². The minimum Gasteiger partial charge on any atom is -0.495 e. The van der Waals surface area contributed by atoms with Crippen molar-refractivity contribution in [3.63, 3.8) is 0 Å². The molecule has 0 heterocycles. The van der Waals surface area contributed by atoms with E-state index in [1.54, 1.807) is 12.1 Å². The van der Waals surface area contributed by atoms with Crippen molar-refractivity contribution in [2.75, 3.05) is 7.11 Å². The number of rotatable bonds is 4. The Morgan fingerprint density at radius 3 is 2.57 bits per heavy atom. The van der Waals surface area contributed by atoms with E-state index in [2.05, 4.69) is 15.9 Å². The SMILES string of the molecule is COc1c(Br)cc(Cl)cc1C(N)Cc1ccc(F)c(F)c1. The normalized spacial score (nSPS) is 12.3. The van der Waals surface area contributed by atoms with Gasteiger partial charge in [0.1, 0.15) is 5.75 Å². The van der Waals surface area contributed by atoms with Gasteiger partial charge in [0.2, 0.25) is 0 Å². The van der Waals surface area contributed by atoms with E-state index < -0.39 is 17.7 Å². The van der Waals surface area contributed by atoms with E-state index in [0.717, 1.165) is 12.1 Å². The van der Waals surface area contributed by atoms with Crippen LogP contribution >= 0.6 is 27.5 Å². The van der Waals surface area contributed by atoms with E-state index in [4.69, 9.17) is 22.1 Å². The molecular formula is C15H13BrClF2NO. The first-order valence-corrected chi connectivity index (χ1v) is 7.32. The lowest BCUT2D eigenvalue weighted by Gasteiger charge is -2.17. The van der Waals surface area contributed by atoms with Crippen LogP contribution in [0.3, 0.4) is 0 Å². The van der Waals surface area contributed by atoms with Crippen molar-refractivity contribution in [2.24, 2.45) is 5.73 Å². The molecule has 6 heteroatoms. The molecule has 2 N–H and O–H groups in total. The minimum atomic E-state index is -0.890. The molecule has 2 nitrogen and oxygen atoms in total. The molecule has 0 bridgehead atoms. The maximum atomic E-state index is 13.2. The van der Waals surface area contributed by atoms with Crippen molar-refractivity contribution in [3.05, 3.63) is 62.6 Å². The predicted molar refractivity (Wildman–Crippen MR) is 82.7 cm³/mol. The summed E-state index contributed by atoms with van der Waals surface area (Å²) in [6.07, 6.45) is 0.334. The quantitative estimate of drug-likeness (QED) is 0.844. The highest BCUT2D eigenvalue weighted by Crippen LogP contribution is 2.36. The summed E-state index contributed by atoms with van der Waals surface area (Å²) in [6, 6.07) is 6.68. The Hall–Kier alpha value is -1.17. The van der Waals surface area contributed by atoms with Crippen LogP contribution in [0.2, 0.25) is 5.02 Å². The third kappa shape index (κ3) is 3.73. The molecule has 21 heavy (non-hydrogen) atoms. The Balaban J connectivity index is 2.31. The predicted octanol–water partition coefficient (Wildman–Crippen LogP) is 4.63. The van der Waals surface area contributed by atoms with E-state index in [-0.39, 0.29) is 0 Å². The highest BCUT2D eigenvalue weighted by Gasteiger charge is 2.17. The first-order valence-electron chi connectivity index (χ1n) is 6.14. The average Bonchev–Trinajstić information content (AvgIpc) is 2.42. The summed E-state index contributed by atoms with van der Waals surface area (Å²) >= 11 is 9.38. The molecular weight excluding hydrogens is 364 g/mol. The largest absolute Gasteiger partial charge is 0.495 e. The van der Waals surface area contributed by atoms with Crippen molar-refractivity contribution in [2.45, 2.75) is 12.5 Å². The first-order chi connectivity index (χ1) is 9.92. The van der Waals surface area contributed by atoms with Gasteiger partial charge in [0.15, 0.2) is 11.6 Å². The molecule has 2 aromatic rings. The zero-order valence-corrected chi connectivity index (χ0v) is 13.5. The van der Waals surface area contributed by atoms with Gasteiger partial charge in [-0.05, 0) is 52.2 Å². The van der Waals surface area contributed by atoms with E-state index >= 15 is 0 Å². The number of methoxy groups -OCH3 is 1. The summed E-state index contributed by atoms with van der Waals surface area (Å²) < 4.78 is 32.2. The Morgan fingerprint density at radius 2 is 1.95 bits per heavy atom. The van der Waals surface area contributed by atoms with Crippen LogP contribution in [0.5, 0.6) is 5.75 Å². The molecule has 0 saturated heterocycles. The Kier molecular flexibility index (Phi) is 5.19. The van der Waals surface area contributed by atoms with Crippen molar-refractivity contribution in [1.82, 2.24) is 0 Å². The van der Waals surface area contributed by atoms with Crippen molar-refractivity contribution >= 4 is 27.5 Å². The fourth-order valence-corrected chi connectivity index (χ4v) is 3.10. The molecule has 0 aliphatic rings. The first kappa shape index (κ1) is 16.2. The average molecular weight is 377 g/mol. The number of ether oxygens (including phenoxy) is 1. The van der Waals surface area contributed by atoms with Crippen LogP contribution in [0.25, 0.3) is 0 Å². The molecule has 0 saturated carbocycles. The molecule has 0 amide bonds. The van der Waals surface area contributed by atoms with Crippen LogP contribution in [-0.4, -0.2) is 7.11 Å². The van der Waals surface area contributed by atoms with Gasteiger partial charge >= 0.3 is 0 Å². The summed E-state index contributed by atoms with van der Waals surface area (Å²) in [5, 5.41) is 0.512. The lowest BCUT2D eigenvalue weighted by molar-refractivity contribution is 0.402. The Morgan fingerprint density at radius 1 is 1.24 bits per heavy atom. The van der Waals surface area contributed by atoms with Gasteiger partial charge in [-0.25, -0.2) is 8.78 Å². The smallest absolute Gasteiger partial charge is 0.159 e. The van der Waals surface area contributed by atoms with Crippen LogP contribution < -0.4 is 10.5 Å². The van der Waals surface area contributed by atoms with Crippen LogP contribution in [0.1, 0.15) is 17.2 Å². The molecule has 1 atom stereocenters. The van der Waals surface area contributed by atoms with E-state index in [1.807, 2.05) is 0 Å². The van der Waals surface area contributed by atoms with Gasteiger partial charge < -0.3 is 10.5 Å². The summed E-state index contributed by atoms with van der Waals surface area (Å²) in [4.78, 5) is 0. The van der Waals surface area contributed by atoms with Crippen LogP contribution in [0.4, 0.5) is 8.78 Å². The number of benzene rings is 2. The molecule has 0 aromatic heterocycles. The van der Waals surface area contributed by atoms with Crippen LogP contribution in [0.15, 0.2) is 34.8 Å². The maximum Gasteiger partial charge on any atom is 0.159 e. The van der Waals surface area contributed by atoms with E-state index in [1.165, 1.54) is 13.2 Å². The summed E-state index contributed by atoms with van der Waals surface area (Å²) in [6.45, 7) is 0. The molecule has 1 unspecified atom stereocenters. The van der Waals surface area contributed by atoms with Gasteiger partial charge in [-0.15, -0.1) is 0 Å². The molecule has 0 aliphatic heterocycles. The van der Waals surface area contributed by atoms with Gasteiger partial charge in [0, 0.05) is 16.6 Å². The third-order valence-electron chi connectivity index (χ3n) is 3.08. The van der Waals surface area contributed by atoms with Gasteiger partial charge in [-0.3, -0.25) is 0 Å². The molecule has 2 rings (SSSR count).